The minimum absolute atomic E-state index is 0.0822. The number of alkyl halides is 5. The van der Waals surface area contributed by atoms with Crippen LogP contribution in [0.15, 0.2) is 72.8 Å². The summed E-state index contributed by atoms with van der Waals surface area (Å²) in [5.74, 6) is -0.755. The molecule has 3 aliphatic rings. The van der Waals surface area contributed by atoms with E-state index in [1.807, 2.05) is 36.4 Å². The minimum Gasteiger partial charge on any atom is -0.448 e. The quantitative estimate of drug-likeness (QED) is 0.343. The molecular formula is C30H26F5NO4. The molecule has 3 aromatic rings. The highest BCUT2D eigenvalue weighted by atomic mass is 19.4. The van der Waals surface area contributed by atoms with Gasteiger partial charge >= 0.3 is 18.4 Å². The summed E-state index contributed by atoms with van der Waals surface area (Å²) in [5.41, 5.74) is 3.44. The van der Waals surface area contributed by atoms with Gasteiger partial charge in [0, 0.05) is 30.8 Å². The first kappa shape index (κ1) is 26.6. The number of fused-ring (bicyclic) bond motifs is 5. The normalized spacial score (nSPS) is 24.0. The van der Waals surface area contributed by atoms with Gasteiger partial charge in [0.1, 0.15) is 12.4 Å². The van der Waals surface area contributed by atoms with Crippen LogP contribution in [0, 0.1) is 0 Å². The fourth-order valence-electron chi connectivity index (χ4n) is 6.47. The maximum Gasteiger partial charge on any atom is 0.499 e. The molecule has 6 rings (SSSR count). The summed E-state index contributed by atoms with van der Waals surface area (Å²) in [6, 6.07) is 20.0. The zero-order valence-corrected chi connectivity index (χ0v) is 21.2. The summed E-state index contributed by atoms with van der Waals surface area (Å²) in [6.45, 7) is 0.178. The van der Waals surface area contributed by atoms with Gasteiger partial charge in [-0.2, -0.15) is 22.0 Å². The molecule has 0 aromatic heterocycles. The van der Waals surface area contributed by atoms with Crippen LogP contribution in [0.1, 0.15) is 48.3 Å². The molecule has 2 bridgehead atoms. The van der Waals surface area contributed by atoms with Crippen molar-refractivity contribution >= 4 is 6.09 Å². The molecule has 10 heteroatoms. The number of rotatable bonds is 5. The smallest absolute Gasteiger partial charge is 0.448 e. The largest absolute Gasteiger partial charge is 0.499 e. The third kappa shape index (κ3) is 4.48. The Hall–Kier alpha value is -3.66. The van der Waals surface area contributed by atoms with Crippen LogP contribution in [0.5, 0.6) is 5.75 Å². The number of halogens is 5. The van der Waals surface area contributed by atoms with E-state index < -0.39 is 29.7 Å². The Bertz CT molecular complexity index is 1360. The Morgan fingerprint density at radius 1 is 0.850 bits per heavy atom. The second-order valence-corrected chi connectivity index (χ2v) is 10.7. The zero-order chi connectivity index (χ0) is 28.3. The van der Waals surface area contributed by atoms with Gasteiger partial charge in [-0.3, -0.25) is 0 Å². The van der Waals surface area contributed by atoms with Gasteiger partial charge < -0.3 is 19.5 Å². The van der Waals surface area contributed by atoms with Crippen molar-refractivity contribution in [3.05, 3.63) is 89.5 Å². The molecule has 1 aliphatic carbocycles. The SMILES string of the molecule is O=C(OCC1c2ccccc2-c2ccccc21)N1C2CCC1CC(O)(c1ccc(OC(F)(F)C(F)(F)F)cc1)C2. The Morgan fingerprint density at radius 2 is 1.38 bits per heavy atom. The van der Waals surface area contributed by atoms with Gasteiger partial charge in [-0.1, -0.05) is 60.7 Å². The monoisotopic (exact) mass is 559 g/mol. The van der Waals surface area contributed by atoms with Crippen LogP contribution in [-0.2, 0) is 10.3 Å². The van der Waals surface area contributed by atoms with Crippen molar-refractivity contribution in [1.82, 2.24) is 4.90 Å². The average Bonchev–Trinajstić information content (AvgIpc) is 3.39. The number of ether oxygens (including phenoxy) is 2. The number of nitrogens with zero attached hydrogens (tertiary/aromatic N) is 1. The van der Waals surface area contributed by atoms with Crippen molar-refractivity contribution in [2.75, 3.05) is 6.61 Å². The molecule has 2 unspecified atom stereocenters. The first-order valence-corrected chi connectivity index (χ1v) is 13.1. The highest BCUT2D eigenvalue weighted by Crippen LogP contribution is 2.48. The molecule has 40 heavy (non-hydrogen) atoms. The van der Waals surface area contributed by atoms with E-state index in [4.69, 9.17) is 4.74 Å². The highest BCUT2D eigenvalue weighted by Gasteiger charge is 2.61. The lowest BCUT2D eigenvalue weighted by Gasteiger charge is -2.43. The molecule has 2 atom stereocenters. The molecule has 2 fully saturated rings. The fraction of sp³-hybridized carbons (Fsp3) is 0.367. The van der Waals surface area contributed by atoms with Gasteiger partial charge in [0.2, 0.25) is 0 Å². The van der Waals surface area contributed by atoms with Crippen molar-refractivity contribution in [2.45, 2.75) is 61.6 Å². The molecule has 1 amide bonds. The summed E-state index contributed by atoms with van der Waals surface area (Å²) >= 11 is 0. The maximum atomic E-state index is 13.3. The van der Waals surface area contributed by atoms with E-state index in [0.717, 1.165) is 34.4 Å². The molecule has 0 radical (unpaired) electrons. The fourth-order valence-corrected chi connectivity index (χ4v) is 6.47. The molecule has 5 nitrogen and oxygen atoms in total. The van der Waals surface area contributed by atoms with Crippen LogP contribution in [0.3, 0.4) is 0 Å². The van der Waals surface area contributed by atoms with Crippen molar-refractivity contribution in [3.63, 3.8) is 0 Å². The Kier molecular flexibility index (Phi) is 6.29. The van der Waals surface area contributed by atoms with Crippen LogP contribution in [0.2, 0.25) is 0 Å². The molecule has 3 aromatic carbocycles. The molecule has 210 valence electrons. The minimum atomic E-state index is -5.85. The predicted molar refractivity (Wildman–Crippen MR) is 135 cm³/mol. The summed E-state index contributed by atoms with van der Waals surface area (Å²) < 4.78 is 73.6. The lowest BCUT2D eigenvalue weighted by atomic mass is 9.80. The van der Waals surface area contributed by atoms with Crippen molar-refractivity contribution in [3.8, 4) is 16.9 Å². The third-order valence-corrected chi connectivity index (χ3v) is 8.28. The molecular weight excluding hydrogens is 533 g/mol. The average molecular weight is 560 g/mol. The van der Waals surface area contributed by atoms with Crippen molar-refractivity contribution < 1.29 is 41.3 Å². The molecule has 1 N–H and O–H groups in total. The highest BCUT2D eigenvalue weighted by molar-refractivity contribution is 5.79. The van der Waals surface area contributed by atoms with Crippen LogP contribution in [0.4, 0.5) is 26.7 Å². The first-order valence-electron chi connectivity index (χ1n) is 13.1. The number of amides is 1. The van der Waals surface area contributed by atoms with E-state index in [0.29, 0.717) is 18.4 Å². The van der Waals surface area contributed by atoms with Crippen LogP contribution < -0.4 is 4.74 Å². The number of hydrogen-bond acceptors (Lipinski definition) is 4. The first-order chi connectivity index (χ1) is 19.0. The van der Waals surface area contributed by atoms with Gasteiger partial charge in [0.05, 0.1) is 5.60 Å². The van der Waals surface area contributed by atoms with Crippen molar-refractivity contribution in [1.29, 1.82) is 0 Å². The molecule has 2 saturated heterocycles. The Morgan fingerprint density at radius 3 is 1.90 bits per heavy atom. The van der Waals surface area contributed by atoms with Gasteiger partial charge in [-0.25, -0.2) is 4.79 Å². The molecule has 2 heterocycles. The number of hydrogen-bond donors (Lipinski definition) is 1. The molecule has 0 spiro atoms. The second-order valence-electron chi connectivity index (χ2n) is 10.7. The second kappa shape index (κ2) is 9.47. The molecule has 0 saturated carbocycles. The van der Waals surface area contributed by atoms with E-state index in [2.05, 4.69) is 16.9 Å². The summed E-state index contributed by atoms with van der Waals surface area (Å²) in [6.07, 6.45) is -9.94. The summed E-state index contributed by atoms with van der Waals surface area (Å²) in [5, 5.41) is 11.4. The number of carbonyl (C=O) groups is 1. The van der Waals surface area contributed by atoms with E-state index in [1.165, 1.54) is 12.1 Å². The van der Waals surface area contributed by atoms with Gasteiger partial charge in [-0.05, 0) is 52.8 Å². The number of aliphatic hydroxyl groups is 1. The van der Waals surface area contributed by atoms with Crippen molar-refractivity contribution in [2.24, 2.45) is 0 Å². The van der Waals surface area contributed by atoms with E-state index in [1.54, 1.807) is 4.90 Å². The third-order valence-electron chi connectivity index (χ3n) is 8.28. The standard InChI is InChI=1S/C30H26F5NO4/c31-29(32,33)30(34,35)40-21-13-9-18(10-14-21)28(38)15-19-11-12-20(16-28)36(19)27(37)39-17-26-24-7-3-1-5-22(24)23-6-2-4-8-25(23)26/h1-10,13-14,19-20,26,38H,11-12,15-17H2. The van der Waals surface area contributed by atoms with E-state index in [9.17, 15) is 31.9 Å². The van der Waals surface area contributed by atoms with Crippen LogP contribution in [0.25, 0.3) is 11.1 Å². The summed E-state index contributed by atoms with van der Waals surface area (Å²) in [4.78, 5) is 15.0. The maximum absolute atomic E-state index is 13.3. The van der Waals surface area contributed by atoms with Crippen LogP contribution in [-0.4, -0.2) is 47.1 Å². The molecule has 2 aliphatic heterocycles. The van der Waals surface area contributed by atoms with Gasteiger partial charge in [0.15, 0.2) is 0 Å². The Labute approximate surface area is 227 Å². The predicted octanol–water partition coefficient (Wildman–Crippen LogP) is 6.98. The lowest BCUT2D eigenvalue weighted by Crippen LogP contribution is -2.52. The lowest BCUT2D eigenvalue weighted by molar-refractivity contribution is -0.360. The van der Waals surface area contributed by atoms with Gasteiger partial charge in [0.25, 0.3) is 0 Å². The van der Waals surface area contributed by atoms with Gasteiger partial charge in [-0.15, -0.1) is 0 Å². The number of carbonyl (C=O) groups excluding carboxylic acids is 1. The Balaban J connectivity index is 1.13. The topological polar surface area (TPSA) is 59.0 Å². The number of benzene rings is 3. The summed E-state index contributed by atoms with van der Waals surface area (Å²) in [7, 11) is 0. The number of piperidine rings is 1. The van der Waals surface area contributed by atoms with Crippen LogP contribution >= 0.6 is 0 Å². The zero-order valence-electron chi connectivity index (χ0n) is 21.2. The van der Waals surface area contributed by atoms with E-state index in [-0.39, 0.29) is 37.5 Å². The van der Waals surface area contributed by atoms with E-state index >= 15 is 0 Å².